The Morgan fingerprint density at radius 2 is 1.92 bits per heavy atom. The van der Waals surface area contributed by atoms with Crippen LogP contribution in [0.4, 0.5) is 18.9 Å². The summed E-state index contributed by atoms with van der Waals surface area (Å²) in [7, 11) is 0. The third-order valence-corrected chi connectivity index (χ3v) is 4.45. The van der Waals surface area contributed by atoms with Crippen LogP contribution in [0.2, 0.25) is 5.02 Å². The zero-order chi connectivity index (χ0) is 18.6. The van der Waals surface area contributed by atoms with E-state index in [4.69, 9.17) is 11.6 Å². The molecule has 25 heavy (non-hydrogen) atoms. The zero-order valence-electron chi connectivity index (χ0n) is 13.8. The molecule has 0 bridgehead atoms. The first kappa shape index (κ1) is 19.6. The molecule has 1 saturated carbocycles. The lowest BCUT2D eigenvalue weighted by molar-refractivity contribution is -0.137. The van der Waals surface area contributed by atoms with Crippen molar-refractivity contribution >= 4 is 29.1 Å². The van der Waals surface area contributed by atoms with E-state index >= 15 is 0 Å². The molecule has 4 nitrogen and oxygen atoms in total. The SMILES string of the molecule is CC(=O)N(CCC(=O)NC1CCCC1)c1ccc(Cl)cc1C(F)(F)F. The number of halogens is 4. The number of nitrogens with zero attached hydrogens (tertiary/aromatic N) is 1. The Hall–Kier alpha value is -1.76. The van der Waals surface area contributed by atoms with E-state index in [0.717, 1.165) is 42.7 Å². The molecule has 0 aromatic heterocycles. The molecule has 0 radical (unpaired) electrons. The second-order valence-corrected chi connectivity index (χ2v) is 6.57. The van der Waals surface area contributed by atoms with Gasteiger partial charge in [0.05, 0.1) is 11.3 Å². The Morgan fingerprint density at radius 1 is 1.28 bits per heavy atom. The lowest BCUT2D eigenvalue weighted by Crippen LogP contribution is -2.37. The smallest absolute Gasteiger partial charge is 0.353 e. The van der Waals surface area contributed by atoms with E-state index < -0.39 is 17.6 Å². The molecule has 1 aliphatic carbocycles. The van der Waals surface area contributed by atoms with E-state index in [9.17, 15) is 22.8 Å². The van der Waals surface area contributed by atoms with Gasteiger partial charge in [-0.15, -0.1) is 0 Å². The van der Waals surface area contributed by atoms with Gasteiger partial charge in [0, 0.05) is 31.0 Å². The number of anilines is 1. The van der Waals surface area contributed by atoms with Gasteiger partial charge >= 0.3 is 6.18 Å². The van der Waals surface area contributed by atoms with Crippen LogP contribution in [0, 0.1) is 0 Å². The number of amides is 2. The molecular weight excluding hydrogens is 357 g/mol. The van der Waals surface area contributed by atoms with E-state index in [1.165, 1.54) is 13.0 Å². The number of rotatable bonds is 5. The molecule has 0 spiro atoms. The Kier molecular flexibility index (Phi) is 6.32. The van der Waals surface area contributed by atoms with Crippen LogP contribution < -0.4 is 10.2 Å². The lowest BCUT2D eigenvalue weighted by Gasteiger charge is -2.25. The van der Waals surface area contributed by atoms with Crippen LogP contribution in [0.3, 0.4) is 0 Å². The van der Waals surface area contributed by atoms with E-state index in [0.29, 0.717) is 0 Å². The molecule has 0 atom stereocenters. The topological polar surface area (TPSA) is 49.4 Å². The molecular formula is C17H20ClF3N2O2. The molecule has 1 N–H and O–H groups in total. The number of alkyl halides is 3. The fraction of sp³-hybridized carbons (Fsp3) is 0.529. The van der Waals surface area contributed by atoms with E-state index in [2.05, 4.69) is 5.32 Å². The van der Waals surface area contributed by atoms with Crippen molar-refractivity contribution < 1.29 is 22.8 Å². The Morgan fingerprint density at radius 3 is 2.48 bits per heavy atom. The molecule has 1 aromatic carbocycles. The third-order valence-electron chi connectivity index (χ3n) is 4.22. The van der Waals surface area contributed by atoms with Crippen molar-refractivity contribution in [1.82, 2.24) is 5.32 Å². The summed E-state index contributed by atoms with van der Waals surface area (Å²) < 4.78 is 39.7. The quantitative estimate of drug-likeness (QED) is 0.838. The molecule has 2 rings (SSSR count). The summed E-state index contributed by atoms with van der Waals surface area (Å²) in [6.07, 6.45) is -0.764. The van der Waals surface area contributed by atoms with Crippen LogP contribution in [0.15, 0.2) is 18.2 Å². The molecule has 1 aliphatic rings. The van der Waals surface area contributed by atoms with Crippen LogP contribution in [0.25, 0.3) is 0 Å². The lowest BCUT2D eigenvalue weighted by atomic mass is 10.1. The average Bonchev–Trinajstić information content (AvgIpc) is 3.00. The van der Waals surface area contributed by atoms with Gasteiger partial charge in [0.2, 0.25) is 11.8 Å². The molecule has 1 fully saturated rings. The first-order chi connectivity index (χ1) is 11.7. The minimum Gasteiger partial charge on any atom is -0.353 e. The Balaban J connectivity index is 2.13. The van der Waals surface area contributed by atoms with E-state index in [1.807, 2.05) is 0 Å². The summed E-state index contributed by atoms with van der Waals surface area (Å²) in [4.78, 5) is 24.8. The van der Waals surface area contributed by atoms with Gasteiger partial charge in [-0.25, -0.2) is 0 Å². The van der Waals surface area contributed by atoms with Crippen molar-refractivity contribution in [3.8, 4) is 0 Å². The van der Waals surface area contributed by atoms with Crippen molar-refractivity contribution in [2.75, 3.05) is 11.4 Å². The van der Waals surface area contributed by atoms with Crippen LogP contribution in [-0.4, -0.2) is 24.4 Å². The molecule has 2 amide bonds. The molecule has 138 valence electrons. The predicted molar refractivity (Wildman–Crippen MR) is 89.5 cm³/mol. The summed E-state index contributed by atoms with van der Waals surface area (Å²) in [5, 5.41) is 2.79. The van der Waals surface area contributed by atoms with Gasteiger partial charge < -0.3 is 10.2 Å². The van der Waals surface area contributed by atoms with Gasteiger partial charge in [-0.05, 0) is 31.0 Å². The zero-order valence-corrected chi connectivity index (χ0v) is 14.6. The van der Waals surface area contributed by atoms with Crippen molar-refractivity contribution in [2.45, 2.75) is 51.2 Å². The van der Waals surface area contributed by atoms with Gasteiger partial charge in [-0.1, -0.05) is 24.4 Å². The predicted octanol–water partition coefficient (Wildman–Crippen LogP) is 4.16. The maximum Gasteiger partial charge on any atom is 0.418 e. The monoisotopic (exact) mass is 376 g/mol. The molecule has 0 unspecified atom stereocenters. The number of carbonyl (C=O) groups excluding carboxylic acids is 2. The van der Waals surface area contributed by atoms with Crippen molar-refractivity contribution in [1.29, 1.82) is 0 Å². The highest BCUT2D eigenvalue weighted by atomic mass is 35.5. The highest BCUT2D eigenvalue weighted by Crippen LogP contribution is 2.38. The van der Waals surface area contributed by atoms with Crippen LogP contribution in [0.5, 0.6) is 0 Å². The fourth-order valence-electron chi connectivity index (χ4n) is 3.00. The second kappa shape index (κ2) is 8.08. The van der Waals surface area contributed by atoms with Gasteiger partial charge in [0.15, 0.2) is 0 Å². The van der Waals surface area contributed by atoms with E-state index in [-0.39, 0.29) is 35.6 Å². The Labute approximate surface area is 149 Å². The summed E-state index contributed by atoms with van der Waals surface area (Å²) >= 11 is 5.66. The van der Waals surface area contributed by atoms with Gasteiger partial charge in [-0.3, -0.25) is 9.59 Å². The number of nitrogens with one attached hydrogen (secondary N) is 1. The second-order valence-electron chi connectivity index (χ2n) is 6.13. The summed E-state index contributed by atoms with van der Waals surface area (Å²) in [5.74, 6) is -0.831. The normalized spacial score (nSPS) is 15.2. The van der Waals surface area contributed by atoms with Crippen LogP contribution in [-0.2, 0) is 15.8 Å². The Bertz CT molecular complexity index is 643. The van der Waals surface area contributed by atoms with Gasteiger partial charge in [-0.2, -0.15) is 13.2 Å². The van der Waals surface area contributed by atoms with Crippen LogP contribution >= 0.6 is 11.6 Å². The largest absolute Gasteiger partial charge is 0.418 e. The standard InChI is InChI=1S/C17H20ClF3N2O2/c1-11(24)23(9-8-16(25)22-13-4-2-3-5-13)15-7-6-12(18)10-14(15)17(19,20)21/h6-7,10,13H,2-5,8-9H2,1H3,(H,22,25). The highest BCUT2D eigenvalue weighted by molar-refractivity contribution is 6.30. The average molecular weight is 377 g/mol. The molecule has 0 heterocycles. The number of benzene rings is 1. The maximum absolute atomic E-state index is 13.2. The summed E-state index contributed by atoms with van der Waals surface area (Å²) in [6.45, 7) is 1.04. The number of hydrogen-bond donors (Lipinski definition) is 1. The number of carbonyl (C=O) groups is 2. The van der Waals surface area contributed by atoms with Crippen LogP contribution in [0.1, 0.15) is 44.6 Å². The first-order valence-corrected chi connectivity index (χ1v) is 8.50. The van der Waals surface area contributed by atoms with Crippen molar-refractivity contribution in [3.63, 3.8) is 0 Å². The fourth-order valence-corrected chi connectivity index (χ4v) is 3.17. The molecule has 8 heteroatoms. The molecule has 0 aliphatic heterocycles. The van der Waals surface area contributed by atoms with Gasteiger partial charge in [0.1, 0.15) is 0 Å². The minimum atomic E-state index is -4.65. The van der Waals surface area contributed by atoms with E-state index in [1.54, 1.807) is 0 Å². The molecule has 0 saturated heterocycles. The summed E-state index contributed by atoms with van der Waals surface area (Å²) in [6, 6.07) is 3.35. The third kappa shape index (κ3) is 5.36. The van der Waals surface area contributed by atoms with Crippen molar-refractivity contribution in [3.05, 3.63) is 28.8 Å². The highest BCUT2D eigenvalue weighted by Gasteiger charge is 2.36. The first-order valence-electron chi connectivity index (χ1n) is 8.12. The minimum absolute atomic E-state index is 0.0595. The number of hydrogen-bond acceptors (Lipinski definition) is 2. The van der Waals surface area contributed by atoms with Crippen molar-refractivity contribution in [2.24, 2.45) is 0 Å². The molecule has 1 aromatic rings. The summed E-state index contributed by atoms with van der Waals surface area (Å²) in [5.41, 5.74) is -1.29. The van der Waals surface area contributed by atoms with Gasteiger partial charge in [0.25, 0.3) is 0 Å². The maximum atomic E-state index is 13.2.